The van der Waals surface area contributed by atoms with E-state index in [1.165, 1.54) is 38.6 Å². The Balaban J connectivity index is 0.000000469. The molecule has 2 aliphatic heterocycles. The van der Waals surface area contributed by atoms with Crippen molar-refractivity contribution in [2.75, 3.05) is 31.6 Å². The highest BCUT2D eigenvalue weighted by Crippen LogP contribution is 2.39. The first-order valence-corrected chi connectivity index (χ1v) is 10.4. The lowest BCUT2D eigenvalue weighted by Crippen LogP contribution is -2.22. The fourth-order valence-corrected chi connectivity index (χ4v) is 3.68. The van der Waals surface area contributed by atoms with Gasteiger partial charge in [0.05, 0.1) is 12.5 Å². The van der Waals surface area contributed by atoms with Crippen molar-refractivity contribution in [2.45, 2.75) is 57.8 Å². The zero-order valence-electron chi connectivity index (χ0n) is 17.2. The van der Waals surface area contributed by atoms with E-state index in [1.54, 1.807) is 0 Å². The molecule has 1 aromatic rings. The number of aromatic nitrogens is 2. The normalized spacial score (nSPS) is 21.6. The number of ether oxygens (including phenoxy) is 1. The van der Waals surface area contributed by atoms with Crippen molar-refractivity contribution in [3.05, 3.63) is 5.89 Å². The number of nitrogens with zero attached hydrogens (tertiary/aromatic N) is 3. The number of piperidine rings is 1. The summed E-state index contributed by atoms with van der Waals surface area (Å²) in [6, 6.07) is 0. The zero-order chi connectivity index (χ0) is 21.9. The molecule has 2 bridgehead atoms. The molecule has 3 rings (SSSR count). The number of carbonyl (C=O) groups excluding carboxylic acids is 1. The second kappa shape index (κ2) is 12.1. The minimum atomic E-state index is -1.82. The van der Waals surface area contributed by atoms with Crippen LogP contribution in [0.15, 0.2) is 4.52 Å². The van der Waals surface area contributed by atoms with Crippen molar-refractivity contribution >= 4 is 24.0 Å². The summed E-state index contributed by atoms with van der Waals surface area (Å²) in [5, 5.41) is 21.2. The molecule has 3 unspecified atom stereocenters. The summed E-state index contributed by atoms with van der Waals surface area (Å²) in [5.41, 5.74) is 0. The Kier molecular flexibility index (Phi) is 9.52. The van der Waals surface area contributed by atoms with E-state index in [0.29, 0.717) is 24.3 Å². The van der Waals surface area contributed by atoms with E-state index >= 15 is 0 Å². The van der Waals surface area contributed by atoms with Crippen LogP contribution in [-0.2, 0) is 14.3 Å². The zero-order valence-corrected chi connectivity index (χ0v) is 17.2. The molecule has 0 radical (unpaired) electrons. The van der Waals surface area contributed by atoms with Gasteiger partial charge in [0.15, 0.2) is 0 Å². The van der Waals surface area contributed by atoms with Crippen LogP contribution >= 0.6 is 0 Å². The smallest absolute Gasteiger partial charge is 0.414 e. The van der Waals surface area contributed by atoms with Gasteiger partial charge < -0.3 is 24.4 Å². The maximum Gasteiger partial charge on any atom is 0.414 e. The van der Waals surface area contributed by atoms with Gasteiger partial charge in [-0.3, -0.25) is 5.32 Å². The molecule has 30 heavy (non-hydrogen) atoms. The van der Waals surface area contributed by atoms with Gasteiger partial charge >= 0.3 is 18.0 Å². The van der Waals surface area contributed by atoms with E-state index in [9.17, 15) is 4.79 Å². The highest BCUT2D eigenvalue weighted by Gasteiger charge is 2.41. The third-order valence-corrected chi connectivity index (χ3v) is 5.22. The predicted octanol–water partition coefficient (Wildman–Crippen LogP) is 2.55. The largest absolute Gasteiger partial charge is 0.473 e. The first kappa shape index (κ1) is 23.6. The van der Waals surface area contributed by atoms with Crippen LogP contribution in [0.1, 0.15) is 63.7 Å². The first-order chi connectivity index (χ1) is 14.4. The van der Waals surface area contributed by atoms with Gasteiger partial charge in [-0.15, -0.1) is 0 Å². The lowest BCUT2D eigenvalue weighted by Gasteiger charge is -2.17. The Bertz CT molecular complexity index is 697. The summed E-state index contributed by atoms with van der Waals surface area (Å²) in [5.74, 6) is -1.90. The first-order valence-electron chi connectivity index (χ1n) is 10.4. The number of hydrogen-bond acceptors (Lipinski definition) is 8. The number of carbonyl (C=O) groups is 3. The Morgan fingerprint density at radius 1 is 1.13 bits per heavy atom. The topological polar surface area (TPSA) is 155 Å². The number of unbranched alkanes of at least 4 members (excludes halogenated alkanes) is 5. The molecule has 11 nitrogen and oxygen atoms in total. The van der Waals surface area contributed by atoms with Crippen LogP contribution in [0.5, 0.6) is 0 Å². The second-order valence-electron chi connectivity index (χ2n) is 7.51. The summed E-state index contributed by atoms with van der Waals surface area (Å²) in [7, 11) is 0. The summed E-state index contributed by atoms with van der Waals surface area (Å²) >= 11 is 0. The Hall–Kier alpha value is -2.69. The van der Waals surface area contributed by atoms with Crippen LogP contribution in [0.25, 0.3) is 0 Å². The van der Waals surface area contributed by atoms with Gasteiger partial charge in [0.2, 0.25) is 5.89 Å². The average Bonchev–Trinajstić information content (AvgIpc) is 3.44. The number of amides is 1. The van der Waals surface area contributed by atoms with Gasteiger partial charge in [0.25, 0.3) is 5.95 Å². The lowest BCUT2D eigenvalue weighted by molar-refractivity contribution is -0.159. The Morgan fingerprint density at radius 2 is 1.83 bits per heavy atom. The van der Waals surface area contributed by atoms with Gasteiger partial charge in [-0.05, 0) is 30.5 Å². The van der Waals surface area contributed by atoms with Crippen molar-refractivity contribution in [2.24, 2.45) is 5.92 Å². The quantitative estimate of drug-likeness (QED) is 0.396. The highest BCUT2D eigenvalue weighted by molar-refractivity contribution is 6.27. The molecule has 3 atom stereocenters. The molecule has 0 spiro atoms. The van der Waals surface area contributed by atoms with Gasteiger partial charge in [0, 0.05) is 13.1 Å². The summed E-state index contributed by atoms with van der Waals surface area (Å²) in [6.07, 6.45) is 7.66. The number of carboxylic acids is 2. The molecule has 3 N–H and O–H groups in total. The minimum absolute atomic E-state index is 0.204. The third kappa shape index (κ3) is 7.62. The van der Waals surface area contributed by atoms with E-state index in [4.69, 9.17) is 29.1 Å². The molecule has 0 aromatic carbocycles. The third-order valence-electron chi connectivity index (χ3n) is 5.22. The molecule has 11 heteroatoms. The van der Waals surface area contributed by atoms with Crippen LogP contribution in [0.2, 0.25) is 0 Å². The molecular weight excluding hydrogens is 396 g/mol. The number of fused-ring (bicyclic) bond motifs is 2. The number of rotatable bonds is 9. The number of carboxylic acid groups (broad SMARTS) is 2. The molecule has 168 valence electrons. The lowest BCUT2D eigenvalue weighted by atomic mass is 9.93. The van der Waals surface area contributed by atoms with Crippen molar-refractivity contribution in [1.29, 1.82) is 0 Å². The number of hydrogen-bond donors (Lipinski definition) is 3. The van der Waals surface area contributed by atoms with E-state index in [-0.39, 0.29) is 5.95 Å². The van der Waals surface area contributed by atoms with Gasteiger partial charge in [-0.2, -0.15) is 4.98 Å². The summed E-state index contributed by atoms with van der Waals surface area (Å²) < 4.78 is 10.5. The second-order valence-corrected chi connectivity index (χ2v) is 7.51. The van der Waals surface area contributed by atoms with Crippen LogP contribution in [-0.4, -0.2) is 69.5 Å². The van der Waals surface area contributed by atoms with Gasteiger partial charge in [0.1, 0.15) is 0 Å². The number of nitrogens with one attached hydrogen (secondary N) is 1. The Morgan fingerprint density at radius 3 is 2.43 bits per heavy atom. The summed E-state index contributed by atoms with van der Waals surface area (Å²) in [6.45, 7) is 5.91. The fourth-order valence-electron chi connectivity index (χ4n) is 3.68. The fraction of sp³-hybridized carbons (Fsp3) is 0.737. The van der Waals surface area contributed by atoms with Crippen LogP contribution in [0, 0.1) is 5.92 Å². The van der Waals surface area contributed by atoms with Crippen LogP contribution in [0.3, 0.4) is 0 Å². The molecular formula is C19H30N4O7. The molecule has 0 saturated carbocycles. The van der Waals surface area contributed by atoms with E-state index < -0.39 is 18.0 Å². The van der Waals surface area contributed by atoms with Crippen molar-refractivity contribution in [3.63, 3.8) is 0 Å². The molecule has 1 aromatic heterocycles. The maximum atomic E-state index is 11.7. The SMILES string of the molecule is CCCCCCCCOC(=O)Nc1noc(C2CN3CCC2C3)n1.O=C(O)C(=O)O. The Labute approximate surface area is 174 Å². The van der Waals surface area contributed by atoms with Crippen molar-refractivity contribution < 1.29 is 33.9 Å². The van der Waals surface area contributed by atoms with Gasteiger partial charge in [-0.25, -0.2) is 14.4 Å². The van der Waals surface area contributed by atoms with Crippen LogP contribution < -0.4 is 5.32 Å². The van der Waals surface area contributed by atoms with Gasteiger partial charge in [-0.1, -0.05) is 39.0 Å². The highest BCUT2D eigenvalue weighted by atomic mass is 16.5. The number of anilines is 1. The average molecular weight is 426 g/mol. The maximum absolute atomic E-state index is 11.7. The monoisotopic (exact) mass is 426 g/mol. The molecule has 2 saturated heterocycles. The minimum Gasteiger partial charge on any atom is -0.473 e. The molecule has 3 heterocycles. The van der Waals surface area contributed by atoms with Crippen molar-refractivity contribution in [1.82, 2.24) is 15.0 Å². The van der Waals surface area contributed by atoms with E-state index in [0.717, 1.165) is 25.9 Å². The van der Waals surface area contributed by atoms with Crippen LogP contribution in [0.4, 0.5) is 10.7 Å². The molecule has 1 amide bonds. The molecule has 0 aliphatic carbocycles. The van der Waals surface area contributed by atoms with Crippen molar-refractivity contribution in [3.8, 4) is 0 Å². The van der Waals surface area contributed by atoms with E-state index in [2.05, 4.69) is 27.3 Å². The number of aliphatic carboxylic acids is 2. The van der Waals surface area contributed by atoms with E-state index in [1.807, 2.05) is 0 Å². The standard InChI is InChI=1S/C17H28N4O3.C2H2O4/c1-2-3-4-5-6-7-10-23-17(22)19-16-18-15(24-20-16)14-12-21-9-8-13(14)11-21;3-1(4)2(5)6/h13-14H,2-12H2,1H3,(H,19,20,22);(H,3,4)(H,5,6). The molecule has 2 aliphatic rings. The summed E-state index contributed by atoms with van der Waals surface area (Å²) in [4.78, 5) is 36.7. The molecule has 2 fully saturated rings. The predicted molar refractivity (Wildman–Crippen MR) is 105 cm³/mol.